The van der Waals surface area contributed by atoms with Gasteiger partial charge in [-0.2, -0.15) is 0 Å². The number of cyclic esters (lactones) is 2. The Balaban J connectivity index is 2.48. The van der Waals surface area contributed by atoms with E-state index in [0.717, 1.165) is 6.42 Å². The normalized spacial score (nSPS) is 19.7. The molecule has 0 N–H and O–H groups in total. The van der Waals surface area contributed by atoms with Gasteiger partial charge in [-0.1, -0.05) is 0 Å². The third kappa shape index (κ3) is 5.86. The SMILES string of the molecule is CCO[Si](CCCC1CCC(=O)OC1=O)(OCC)OCC. The maximum Gasteiger partial charge on any atom is 0.500 e. The van der Waals surface area contributed by atoms with Gasteiger partial charge in [0, 0.05) is 32.3 Å². The van der Waals surface area contributed by atoms with Crippen LogP contribution in [0.15, 0.2) is 0 Å². The maximum absolute atomic E-state index is 11.6. The van der Waals surface area contributed by atoms with E-state index in [4.69, 9.17) is 13.3 Å². The van der Waals surface area contributed by atoms with E-state index in [1.165, 1.54) is 0 Å². The van der Waals surface area contributed by atoms with Gasteiger partial charge in [-0.15, -0.1) is 0 Å². The fraction of sp³-hybridized carbons (Fsp3) is 0.857. The van der Waals surface area contributed by atoms with Gasteiger partial charge in [-0.3, -0.25) is 9.59 Å². The lowest BCUT2D eigenvalue weighted by atomic mass is 9.96. The second-order valence-corrected chi connectivity index (χ2v) is 7.64. The highest BCUT2D eigenvalue weighted by atomic mass is 28.4. The molecule has 6 nitrogen and oxygen atoms in total. The van der Waals surface area contributed by atoms with Gasteiger partial charge in [-0.25, -0.2) is 0 Å². The number of carbonyl (C=O) groups is 2. The van der Waals surface area contributed by atoms with E-state index in [-0.39, 0.29) is 5.92 Å². The van der Waals surface area contributed by atoms with Crippen LogP contribution in [0.2, 0.25) is 6.04 Å². The maximum atomic E-state index is 11.6. The average molecular weight is 318 g/mol. The monoisotopic (exact) mass is 318 g/mol. The summed E-state index contributed by atoms with van der Waals surface area (Å²) in [5, 5.41) is 0. The van der Waals surface area contributed by atoms with Gasteiger partial charge in [0.2, 0.25) is 0 Å². The third-order valence-electron chi connectivity index (χ3n) is 3.37. The summed E-state index contributed by atoms with van der Waals surface area (Å²) in [5.41, 5.74) is 0. The predicted octanol–water partition coefficient (Wildman–Crippen LogP) is 2.29. The first-order valence-corrected chi connectivity index (χ1v) is 9.66. The van der Waals surface area contributed by atoms with Crippen LogP contribution in [0.1, 0.15) is 46.5 Å². The zero-order chi connectivity index (χ0) is 15.7. The first-order chi connectivity index (χ1) is 10.1. The first kappa shape index (κ1) is 18.3. The molecule has 0 aromatic rings. The van der Waals surface area contributed by atoms with Crippen molar-refractivity contribution in [2.75, 3.05) is 19.8 Å². The molecule has 122 valence electrons. The summed E-state index contributed by atoms with van der Waals surface area (Å²) < 4.78 is 22.0. The topological polar surface area (TPSA) is 71.1 Å². The molecule has 1 saturated heterocycles. The lowest BCUT2D eigenvalue weighted by molar-refractivity contribution is -0.167. The van der Waals surface area contributed by atoms with Crippen LogP contribution >= 0.6 is 0 Å². The fourth-order valence-electron chi connectivity index (χ4n) is 2.48. The first-order valence-electron chi connectivity index (χ1n) is 7.73. The Morgan fingerprint density at radius 2 is 1.67 bits per heavy atom. The number of hydrogen-bond acceptors (Lipinski definition) is 6. The highest BCUT2D eigenvalue weighted by molar-refractivity contribution is 6.60. The van der Waals surface area contributed by atoms with E-state index in [9.17, 15) is 9.59 Å². The van der Waals surface area contributed by atoms with Crippen molar-refractivity contribution in [1.29, 1.82) is 0 Å². The van der Waals surface area contributed by atoms with Gasteiger partial charge < -0.3 is 18.0 Å². The molecule has 0 saturated carbocycles. The van der Waals surface area contributed by atoms with Crippen molar-refractivity contribution in [2.45, 2.75) is 52.5 Å². The number of esters is 2. The largest absolute Gasteiger partial charge is 0.500 e. The van der Waals surface area contributed by atoms with Crippen LogP contribution in [0, 0.1) is 5.92 Å². The molecular formula is C14H26O6Si. The van der Waals surface area contributed by atoms with E-state index in [1.807, 2.05) is 20.8 Å². The summed E-state index contributed by atoms with van der Waals surface area (Å²) in [5.74, 6) is -1.01. The highest BCUT2D eigenvalue weighted by Crippen LogP contribution is 2.25. The number of hydrogen-bond donors (Lipinski definition) is 0. The summed E-state index contributed by atoms with van der Waals surface area (Å²) >= 11 is 0. The molecule has 0 amide bonds. The molecular weight excluding hydrogens is 292 g/mol. The Kier molecular flexibility index (Phi) is 8.09. The minimum Gasteiger partial charge on any atom is -0.393 e. The second-order valence-electron chi connectivity index (χ2n) is 4.90. The van der Waals surface area contributed by atoms with Crippen molar-refractivity contribution in [2.24, 2.45) is 5.92 Å². The van der Waals surface area contributed by atoms with E-state index in [0.29, 0.717) is 45.1 Å². The van der Waals surface area contributed by atoms with Crippen LogP contribution < -0.4 is 0 Å². The van der Waals surface area contributed by atoms with E-state index in [1.54, 1.807) is 0 Å². The summed E-state index contributed by atoms with van der Waals surface area (Å²) in [6.45, 7) is 7.41. The zero-order valence-electron chi connectivity index (χ0n) is 13.2. The van der Waals surface area contributed by atoms with Gasteiger partial charge in [0.15, 0.2) is 0 Å². The Bertz CT molecular complexity index is 329. The lowest BCUT2D eigenvalue weighted by Gasteiger charge is -2.29. The number of ether oxygens (including phenoxy) is 1. The van der Waals surface area contributed by atoms with Crippen molar-refractivity contribution in [3.63, 3.8) is 0 Å². The van der Waals surface area contributed by atoms with E-state index in [2.05, 4.69) is 4.74 Å². The van der Waals surface area contributed by atoms with Gasteiger partial charge in [0.1, 0.15) is 0 Å². The van der Waals surface area contributed by atoms with Gasteiger partial charge in [0.25, 0.3) is 0 Å². The summed E-state index contributed by atoms with van der Waals surface area (Å²) in [7, 11) is -2.63. The zero-order valence-corrected chi connectivity index (χ0v) is 14.2. The van der Waals surface area contributed by atoms with E-state index >= 15 is 0 Å². The highest BCUT2D eigenvalue weighted by Gasteiger charge is 2.40. The summed E-state index contributed by atoms with van der Waals surface area (Å²) in [6.07, 6.45) is 2.33. The van der Waals surface area contributed by atoms with Crippen LogP contribution in [0.4, 0.5) is 0 Å². The molecule has 1 rings (SSSR count). The molecule has 1 aliphatic rings. The van der Waals surface area contributed by atoms with Gasteiger partial charge >= 0.3 is 20.7 Å². The summed E-state index contributed by atoms with van der Waals surface area (Å²) in [4.78, 5) is 22.6. The van der Waals surface area contributed by atoms with Crippen molar-refractivity contribution < 1.29 is 27.6 Å². The molecule has 21 heavy (non-hydrogen) atoms. The standard InChI is InChI=1S/C14H26O6Si/c1-4-17-21(18-5-2,19-6-3)11-7-8-12-9-10-13(15)20-14(12)16/h12H,4-11H2,1-3H3. The molecule has 1 heterocycles. The lowest BCUT2D eigenvalue weighted by Crippen LogP contribution is -2.46. The van der Waals surface area contributed by atoms with Crippen molar-refractivity contribution >= 4 is 20.7 Å². The Labute approximate surface area is 127 Å². The molecule has 1 atom stereocenters. The van der Waals surface area contributed by atoms with Crippen molar-refractivity contribution in [3.8, 4) is 0 Å². The van der Waals surface area contributed by atoms with Crippen LogP contribution in [0.3, 0.4) is 0 Å². The minimum atomic E-state index is -2.63. The fourth-order valence-corrected chi connectivity index (χ4v) is 5.12. The molecule has 1 aliphatic heterocycles. The molecule has 0 aliphatic carbocycles. The number of rotatable bonds is 10. The van der Waals surface area contributed by atoms with Gasteiger partial charge in [0.05, 0.1) is 5.92 Å². The van der Waals surface area contributed by atoms with Crippen molar-refractivity contribution in [1.82, 2.24) is 0 Å². The molecule has 1 fully saturated rings. The molecule has 7 heteroatoms. The Morgan fingerprint density at radius 1 is 1.10 bits per heavy atom. The molecule has 1 unspecified atom stereocenters. The smallest absolute Gasteiger partial charge is 0.393 e. The van der Waals surface area contributed by atoms with Crippen LogP contribution in [-0.2, 0) is 27.6 Å². The molecule has 0 aromatic heterocycles. The molecule has 0 radical (unpaired) electrons. The average Bonchev–Trinajstić information content (AvgIpc) is 2.42. The molecule has 0 bridgehead atoms. The molecule has 0 aromatic carbocycles. The number of carbonyl (C=O) groups excluding carboxylic acids is 2. The Morgan fingerprint density at radius 3 is 2.14 bits per heavy atom. The van der Waals surface area contributed by atoms with Crippen LogP contribution in [-0.4, -0.2) is 40.6 Å². The van der Waals surface area contributed by atoms with Crippen molar-refractivity contribution in [3.05, 3.63) is 0 Å². The predicted molar refractivity (Wildman–Crippen MR) is 78.5 cm³/mol. The summed E-state index contributed by atoms with van der Waals surface area (Å²) in [6, 6.07) is 0.681. The third-order valence-corrected chi connectivity index (χ3v) is 6.52. The minimum absolute atomic E-state index is 0.195. The quantitative estimate of drug-likeness (QED) is 0.350. The van der Waals surface area contributed by atoms with Crippen LogP contribution in [0.5, 0.6) is 0 Å². The van der Waals surface area contributed by atoms with Gasteiger partial charge in [-0.05, 0) is 40.0 Å². The molecule has 0 spiro atoms. The van der Waals surface area contributed by atoms with E-state index < -0.39 is 20.7 Å². The second kappa shape index (κ2) is 9.29. The Hall–Kier alpha value is -0.763. The van der Waals surface area contributed by atoms with Crippen LogP contribution in [0.25, 0.3) is 0 Å².